The van der Waals surface area contributed by atoms with Crippen LogP contribution in [0.5, 0.6) is 0 Å². The van der Waals surface area contributed by atoms with Crippen molar-refractivity contribution in [1.29, 1.82) is 0 Å². The molecule has 0 unspecified atom stereocenters. The Morgan fingerprint density at radius 1 is 0.643 bits per heavy atom. The summed E-state index contributed by atoms with van der Waals surface area (Å²) in [5, 5.41) is 0. The Morgan fingerprint density at radius 3 is 1.36 bits per heavy atom. The Hall–Kier alpha value is -0.610. The van der Waals surface area contributed by atoms with Gasteiger partial charge in [-0.15, -0.1) is 0 Å². The molecule has 0 fully saturated rings. The summed E-state index contributed by atoms with van der Waals surface area (Å²) in [7, 11) is 0. The monoisotopic (exact) mass is 398 g/mol. The number of hydrogen-bond donors (Lipinski definition) is 2. The Morgan fingerprint density at radius 2 is 1.00 bits per heavy atom. The molecule has 0 heterocycles. The van der Waals surface area contributed by atoms with Gasteiger partial charge in [0.15, 0.2) is 0 Å². The third-order valence-electron chi connectivity index (χ3n) is 5.42. The number of hydroxylamine groups is 1. The average molecular weight is 399 g/mol. The second-order valence-electron chi connectivity index (χ2n) is 8.27. The van der Waals surface area contributed by atoms with E-state index in [0.29, 0.717) is 19.5 Å². The lowest BCUT2D eigenvalue weighted by Gasteiger charge is -2.05. The first kappa shape index (κ1) is 27.4. The molecule has 4 heteroatoms. The topological polar surface area (TPSA) is 64.3 Å². The van der Waals surface area contributed by atoms with Gasteiger partial charge in [-0.2, -0.15) is 5.48 Å². The molecule has 0 spiro atoms. The van der Waals surface area contributed by atoms with E-state index in [4.69, 9.17) is 10.6 Å². The molecule has 0 aromatic heterocycles. The van der Waals surface area contributed by atoms with Crippen molar-refractivity contribution in [2.75, 3.05) is 13.1 Å². The Labute approximate surface area is 175 Å². The van der Waals surface area contributed by atoms with Crippen molar-refractivity contribution in [3.63, 3.8) is 0 Å². The van der Waals surface area contributed by atoms with Gasteiger partial charge in [-0.1, -0.05) is 122 Å². The average Bonchev–Trinajstić information content (AvgIpc) is 2.70. The van der Waals surface area contributed by atoms with Gasteiger partial charge in [0.05, 0.1) is 0 Å². The van der Waals surface area contributed by atoms with E-state index in [1.807, 2.05) is 0 Å². The van der Waals surface area contributed by atoms with Gasteiger partial charge in [-0.25, -0.2) is 0 Å². The summed E-state index contributed by atoms with van der Waals surface area (Å²) in [6, 6.07) is 0. The van der Waals surface area contributed by atoms with Crippen molar-refractivity contribution in [1.82, 2.24) is 5.48 Å². The summed E-state index contributed by atoms with van der Waals surface area (Å²) in [6.07, 6.45) is 26.4. The van der Waals surface area contributed by atoms with Crippen molar-refractivity contribution < 1.29 is 9.63 Å². The lowest BCUT2D eigenvalue weighted by molar-refractivity contribution is -0.151. The Kier molecular flexibility index (Phi) is 23.9. The number of nitrogens with two attached hydrogens (primary N) is 1. The highest BCUT2D eigenvalue weighted by Crippen LogP contribution is 2.14. The number of rotatable bonds is 23. The van der Waals surface area contributed by atoms with Gasteiger partial charge in [-0.3, -0.25) is 4.79 Å². The fourth-order valence-electron chi connectivity index (χ4n) is 3.59. The summed E-state index contributed by atoms with van der Waals surface area (Å²) in [5.41, 5.74) is 7.88. The number of carbonyl (C=O) groups excluding carboxylic acids is 1. The van der Waals surface area contributed by atoms with Crippen LogP contribution in [0.2, 0.25) is 0 Å². The second kappa shape index (κ2) is 24.4. The maximum Gasteiger partial charge on any atom is 0.324 e. The molecule has 28 heavy (non-hydrogen) atoms. The second-order valence-corrected chi connectivity index (χ2v) is 8.27. The van der Waals surface area contributed by atoms with Crippen LogP contribution in [0.15, 0.2) is 0 Å². The molecule has 0 amide bonds. The zero-order chi connectivity index (χ0) is 20.5. The molecule has 0 saturated heterocycles. The quantitative estimate of drug-likeness (QED) is 0.146. The highest BCUT2D eigenvalue weighted by Gasteiger charge is 2.02. The predicted molar refractivity (Wildman–Crippen MR) is 121 cm³/mol. The normalized spacial score (nSPS) is 11.1. The summed E-state index contributed by atoms with van der Waals surface area (Å²) < 4.78 is 0. The molecular formula is C24H50N2O2. The van der Waals surface area contributed by atoms with Crippen molar-refractivity contribution in [2.24, 2.45) is 5.73 Å². The van der Waals surface area contributed by atoms with Gasteiger partial charge in [0.25, 0.3) is 0 Å². The minimum atomic E-state index is -0.166. The van der Waals surface area contributed by atoms with Crippen LogP contribution in [0.1, 0.15) is 135 Å². The van der Waals surface area contributed by atoms with E-state index in [-0.39, 0.29) is 5.97 Å². The molecule has 168 valence electrons. The van der Waals surface area contributed by atoms with E-state index in [1.165, 1.54) is 109 Å². The summed E-state index contributed by atoms with van der Waals surface area (Å²) in [5.74, 6) is -0.166. The van der Waals surface area contributed by atoms with Crippen LogP contribution in [0, 0.1) is 0 Å². The van der Waals surface area contributed by atoms with E-state index in [1.54, 1.807) is 0 Å². The molecule has 0 rings (SSSR count). The minimum absolute atomic E-state index is 0.166. The molecule has 3 N–H and O–H groups in total. The van der Waals surface area contributed by atoms with Crippen LogP contribution in [-0.2, 0) is 9.63 Å². The number of unbranched alkanes of at least 4 members (excludes halogenated alkanes) is 18. The lowest BCUT2D eigenvalue weighted by Crippen LogP contribution is -2.25. The van der Waals surface area contributed by atoms with Crippen molar-refractivity contribution >= 4 is 5.97 Å². The van der Waals surface area contributed by atoms with Gasteiger partial charge in [0, 0.05) is 19.5 Å². The largest absolute Gasteiger partial charge is 0.371 e. The molecule has 0 aliphatic rings. The van der Waals surface area contributed by atoms with Gasteiger partial charge in [-0.05, 0) is 6.42 Å². The molecule has 0 atom stereocenters. The van der Waals surface area contributed by atoms with Crippen LogP contribution >= 0.6 is 0 Å². The van der Waals surface area contributed by atoms with Gasteiger partial charge < -0.3 is 10.6 Å². The summed E-state index contributed by atoms with van der Waals surface area (Å²) in [6.45, 7) is 3.28. The molecule has 0 bridgehead atoms. The van der Waals surface area contributed by atoms with Crippen LogP contribution in [-0.4, -0.2) is 19.1 Å². The zero-order valence-corrected chi connectivity index (χ0v) is 19.0. The molecule has 0 aromatic rings. The Balaban J connectivity index is 3.06. The molecule has 0 saturated carbocycles. The van der Waals surface area contributed by atoms with E-state index in [0.717, 1.165) is 12.8 Å². The highest BCUT2D eigenvalue weighted by atomic mass is 16.7. The van der Waals surface area contributed by atoms with Crippen LogP contribution in [0.25, 0.3) is 0 Å². The minimum Gasteiger partial charge on any atom is -0.371 e. The molecular weight excluding hydrogens is 348 g/mol. The first-order valence-electron chi connectivity index (χ1n) is 12.4. The van der Waals surface area contributed by atoms with Crippen molar-refractivity contribution in [3.8, 4) is 0 Å². The van der Waals surface area contributed by atoms with Crippen LogP contribution in [0.4, 0.5) is 0 Å². The van der Waals surface area contributed by atoms with E-state index < -0.39 is 0 Å². The number of carbonyl (C=O) groups is 1. The van der Waals surface area contributed by atoms with Crippen molar-refractivity contribution in [2.45, 2.75) is 135 Å². The van der Waals surface area contributed by atoms with Gasteiger partial charge in [0.2, 0.25) is 0 Å². The molecule has 0 aliphatic heterocycles. The van der Waals surface area contributed by atoms with E-state index in [2.05, 4.69) is 12.4 Å². The van der Waals surface area contributed by atoms with E-state index >= 15 is 0 Å². The fraction of sp³-hybridized carbons (Fsp3) is 0.958. The van der Waals surface area contributed by atoms with Crippen LogP contribution in [0.3, 0.4) is 0 Å². The van der Waals surface area contributed by atoms with Crippen LogP contribution < -0.4 is 11.2 Å². The fourth-order valence-corrected chi connectivity index (χ4v) is 3.59. The first-order valence-corrected chi connectivity index (χ1v) is 12.4. The smallest absolute Gasteiger partial charge is 0.324 e. The SMILES string of the molecule is CCCCCCCCCCCCCCCCCCCCCC(=O)ONCCN. The summed E-state index contributed by atoms with van der Waals surface area (Å²) >= 11 is 0. The lowest BCUT2D eigenvalue weighted by atomic mass is 10.0. The highest BCUT2D eigenvalue weighted by molar-refractivity contribution is 5.68. The molecule has 0 aromatic carbocycles. The Bertz CT molecular complexity index is 311. The number of nitrogens with one attached hydrogen (secondary N) is 1. The standard InChI is InChI=1S/C24H50N2O2/c1-2-3-4-5-6-7-8-9-10-11-12-13-14-15-16-17-18-19-20-21-24(27)28-26-23-22-25/h26H,2-23,25H2,1H3. The zero-order valence-electron chi connectivity index (χ0n) is 19.0. The maximum atomic E-state index is 11.4. The third-order valence-corrected chi connectivity index (χ3v) is 5.42. The third kappa shape index (κ3) is 23.4. The number of hydrogen-bond acceptors (Lipinski definition) is 4. The molecule has 4 nitrogen and oxygen atoms in total. The van der Waals surface area contributed by atoms with E-state index in [9.17, 15) is 4.79 Å². The predicted octanol–water partition coefficient (Wildman–Crippen LogP) is 6.81. The summed E-state index contributed by atoms with van der Waals surface area (Å²) in [4.78, 5) is 16.2. The van der Waals surface area contributed by atoms with Gasteiger partial charge in [0.1, 0.15) is 0 Å². The molecule has 0 aliphatic carbocycles. The van der Waals surface area contributed by atoms with Gasteiger partial charge >= 0.3 is 5.97 Å². The van der Waals surface area contributed by atoms with Crippen molar-refractivity contribution in [3.05, 3.63) is 0 Å². The maximum absolute atomic E-state index is 11.4. The first-order chi connectivity index (χ1) is 13.8. The molecule has 0 radical (unpaired) electrons.